The van der Waals surface area contributed by atoms with Gasteiger partial charge in [0.25, 0.3) is 5.91 Å². The van der Waals surface area contributed by atoms with Crippen molar-refractivity contribution in [1.29, 1.82) is 0 Å². The van der Waals surface area contributed by atoms with Gasteiger partial charge in [0.1, 0.15) is 23.9 Å². The Hall–Kier alpha value is -4.17. The number of quaternary nitrogens is 1. The Morgan fingerprint density at radius 2 is 1.71 bits per heavy atom. The molecule has 0 saturated heterocycles. The number of nitrogens with one attached hydrogen (secondary N) is 1. The summed E-state index contributed by atoms with van der Waals surface area (Å²) in [7, 11) is 0. The van der Waals surface area contributed by atoms with Gasteiger partial charge < -0.3 is 25.4 Å². The number of carbonyl (C=O) groups excluding carboxylic acids is 1. The zero-order chi connectivity index (χ0) is 27.1. The second-order valence-corrected chi connectivity index (χ2v) is 9.15. The fourth-order valence-corrected chi connectivity index (χ4v) is 4.41. The summed E-state index contributed by atoms with van der Waals surface area (Å²) in [4.78, 5) is 12.9. The molecule has 0 radical (unpaired) electrons. The van der Waals surface area contributed by atoms with Crippen molar-refractivity contribution < 1.29 is 29.2 Å². The van der Waals surface area contributed by atoms with Crippen molar-refractivity contribution in [3.05, 3.63) is 77.7 Å². The van der Waals surface area contributed by atoms with Crippen molar-refractivity contribution in [2.24, 2.45) is 0 Å². The van der Waals surface area contributed by atoms with Gasteiger partial charge in [-0.15, -0.1) is 0 Å². The van der Waals surface area contributed by atoms with Gasteiger partial charge in [-0.05, 0) is 37.5 Å². The summed E-state index contributed by atoms with van der Waals surface area (Å²) in [5.74, 6) is -1.39. The van der Waals surface area contributed by atoms with Gasteiger partial charge in [-0.1, -0.05) is 61.0 Å². The third kappa shape index (κ3) is 5.86. The van der Waals surface area contributed by atoms with Crippen LogP contribution in [0.5, 0.6) is 11.5 Å². The molecule has 1 amide bonds. The van der Waals surface area contributed by atoms with E-state index in [-0.39, 0.29) is 39.6 Å². The standard InChI is InChI=1S/C30H32FN3O4/c1-3-5-8-15-32-18-19-11-13-20(14-12-19)27-28(30(37)33-4-2)34-38-29(27)23-16-22(25(35)17-26(23)36)21-9-6-7-10-24(21)31/h6-7,9-14,16-17,32,35-36H,3-5,8,15,18H2,1-2H3,(H,33,37)/p+1. The minimum Gasteiger partial charge on any atom is -0.507 e. The van der Waals surface area contributed by atoms with Gasteiger partial charge in [0, 0.05) is 29.3 Å². The molecule has 0 aliphatic heterocycles. The molecule has 0 unspecified atom stereocenters. The summed E-state index contributed by atoms with van der Waals surface area (Å²) < 4.78 is 20.2. The van der Waals surface area contributed by atoms with Crippen LogP contribution < -0.4 is 10.6 Å². The molecule has 0 spiro atoms. The van der Waals surface area contributed by atoms with Crippen LogP contribution in [-0.2, 0) is 6.54 Å². The molecule has 0 aliphatic rings. The first-order chi connectivity index (χ1) is 18.4. The maximum Gasteiger partial charge on any atom is 0.274 e. The van der Waals surface area contributed by atoms with Gasteiger partial charge in [-0.25, -0.2) is 4.39 Å². The molecular formula is C30H33FN3O4+. The number of benzene rings is 3. The lowest BCUT2D eigenvalue weighted by Gasteiger charge is -2.11. The molecular weight excluding hydrogens is 485 g/mol. The SMILES string of the molecule is CCCCC[NH2+]Cc1ccc(-c2c(C(=O)NCC)noc2-c2cc(-c3ccccc3F)c(O)cc2O)cc1. The summed E-state index contributed by atoms with van der Waals surface area (Å²) in [6.07, 6.45) is 3.59. The third-order valence-electron chi connectivity index (χ3n) is 6.40. The Kier molecular flexibility index (Phi) is 8.76. The van der Waals surface area contributed by atoms with E-state index in [1.165, 1.54) is 37.5 Å². The highest BCUT2D eigenvalue weighted by Crippen LogP contribution is 2.44. The van der Waals surface area contributed by atoms with Crippen molar-refractivity contribution in [3.8, 4) is 45.1 Å². The summed E-state index contributed by atoms with van der Waals surface area (Å²) in [6, 6.07) is 16.4. The molecule has 3 aromatic carbocycles. The Morgan fingerprint density at radius 3 is 2.42 bits per heavy atom. The number of unbranched alkanes of at least 4 members (excludes halogenated alkanes) is 2. The number of hydrogen-bond donors (Lipinski definition) is 4. The van der Waals surface area contributed by atoms with Crippen molar-refractivity contribution in [2.45, 2.75) is 39.7 Å². The predicted molar refractivity (Wildman–Crippen MR) is 144 cm³/mol. The number of aromatic hydroxyl groups is 2. The van der Waals surface area contributed by atoms with Gasteiger partial charge in [0.15, 0.2) is 11.5 Å². The largest absolute Gasteiger partial charge is 0.507 e. The van der Waals surface area contributed by atoms with Crippen LogP contribution in [0.4, 0.5) is 4.39 Å². The number of nitrogens with zero attached hydrogens (tertiary/aromatic N) is 1. The second-order valence-electron chi connectivity index (χ2n) is 9.15. The quantitative estimate of drug-likeness (QED) is 0.203. The maximum atomic E-state index is 14.6. The highest BCUT2D eigenvalue weighted by Gasteiger charge is 2.27. The minimum absolute atomic E-state index is 0.0700. The van der Waals surface area contributed by atoms with Crippen molar-refractivity contribution >= 4 is 5.91 Å². The molecule has 8 heteroatoms. The first-order valence-electron chi connectivity index (χ1n) is 12.9. The summed E-state index contributed by atoms with van der Waals surface area (Å²) in [5, 5.41) is 30.3. The normalized spacial score (nSPS) is 11.0. The Bertz CT molecular complexity index is 1400. The molecule has 0 aliphatic carbocycles. The van der Waals surface area contributed by atoms with Gasteiger partial charge in [-0.3, -0.25) is 4.79 Å². The molecule has 7 nitrogen and oxygen atoms in total. The number of phenols is 2. The van der Waals surface area contributed by atoms with Crippen LogP contribution in [0.2, 0.25) is 0 Å². The average molecular weight is 519 g/mol. The minimum atomic E-state index is -0.526. The molecule has 38 heavy (non-hydrogen) atoms. The van der Waals surface area contributed by atoms with E-state index in [9.17, 15) is 19.4 Å². The highest BCUT2D eigenvalue weighted by atomic mass is 19.1. The average Bonchev–Trinajstić information content (AvgIpc) is 3.35. The smallest absolute Gasteiger partial charge is 0.274 e. The lowest BCUT2D eigenvalue weighted by Crippen LogP contribution is -2.82. The molecule has 0 fully saturated rings. The van der Waals surface area contributed by atoms with Crippen LogP contribution in [-0.4, -0.2) is 34.4 Å². The molecule has 1 heterocycles. The molecule has 4 rings (SSSR count). The van der Waals surface area contributed by atoms with E-state index < -0.39 is 11.7 Å². The van der Waals surface area contributed by atoms with Crippen molar-refractivity contribution in [3.63, 3.8) is 0 Å². The van der Waals surface area contributed by atoms with Crippen LogP contribution in [0.15, 0.2) is 65.2 Å². The molecule has 198 valence electrons. The molecule has 5 N–H and O–H groups in total. The van der Waals surface area contributed by atoms with Crippen LogP contribution in [0.25, 0.3) is 33.6 Å². The van der Waals surface area contributed by atoms with Crippen LogP contribution in [0.3, 0.4) is 0 Å². The third-order valence-corrected chi connectivity index (χ3v) is 6.40. The van der Waals surface area contributed by atoms with Crippen LogP contribution in [0.1, 0.15) is 49.2 Å². The molecule has 0 atom stereocenters. The topological polar surface area (TPSA) is 112 Å². The zero-order valence-electron chi connectivity index (χ0n) is 21.6. The Labute approximate surface area is 221 Å². The highest BCUT2D eigenvalue weighted by molar-refractivity contribution is 6.03. The number of aromatic nitrogens is 1. The van der Waals surface area contributed by atoms with Crippen LogP contribution >= 0.6 is 0 Å². The van der Waals surface area contributed by atoms with Crippen molar-refractivity contribution in [2.75, 3.05) is 13.1 Å². The van der Waals surface area contributed by atoms with E-state index in [4.69, 9.17) is 4.52 Å². The lowest BCUT2D eigenvalue weighted by molar-refractivity contribution is -0.671. The molecule has 0 saturated carbocycles. The number of carbonyl (C=O) groups is 1. The molecule has 0 bridgehead atoms. The fourth-order valence-electron chi connectivity index (χ4n) is 4.41. The van der Waals surface area contributed by atoms with Gasteiger partial charge in [0.05, 0.1) is 17.7 Å². The maximum absolute atomic E-state index is 14.6. The van der Waals surface area contributed by atoms with Gasteiger partial charge in [-0.2, -0.15) is 0 Å². The van der Waals surface area contributed by atoms with E-state index in [0.29, 0.717) is 17.7 Å². The number of nitrogens with two attached hydrogens (primary N) is 1. The van der Waals surface area contributed by atoms with Crippen molar-refractivity contribution in [1.82, 2.24) is 10.5 Å². The molecule has 4 aromatic rings. The monoisotopic (exact) mass is 518 g/mol. The first kappa shape index (κ1) is 26.9. The second kappa shape index (κ2) is 12.4. The first-order valence-corrected chi connectivity index (χ1v) is 12.9. The Balaban J connectivity index is 1.76. The van der Waals surface area contributed by atoms with Crippen LogP contribution in [0, 0.1) is 5.82 Å². The van der Waals surface area contributed by atoms with Gasteiger partial charge in [0.2, 0.25) is 0 Å². The van der Waals surface area contributed by atoms with E-state index in [0.717, 1.165) is 24.7 Å². The van der Waals surface area contributed by atoms with E-state index in [1.54, 1.807) is 19.1 Å². The van der Waals surface area contributed by atoms with Gasteiger partial charge >= 0.3 is 0 Å². The number of halogens is 1. The number of phenolic OH excluding ortho intramolecular Hbond substituents is 2. The number of rotatable bonds is 11. The van der Waals surface area contributed by atoms with E-state index >= 15 is 0 Å². The summed E-state index contributed by atoms with van der Waals surface area (Å²) >= 11 is 0. The lowest BCUT2D eigenvalue weighted by atomic mass is 9.94. The Morgan fingerprint density at radius 1 is 0.974 bits per heavy atom. The zero-order valence-corrected chi connectivity index (χ0v) is 21.6. The fraction of sp³-hybridized carbons (Fsp3) is 0.267. The number of hydrogen-bond acceptors (Lipinski definition) is 5. The summed E-state index contributed by atoms with van der Waals surface area (Å²) in [5.41, 5.74) is 2.79. The predicted octanol–water partition coefficient (Wildman–Crippen LogP) is 5.23. The van der Waals surface area contributed by atoms with E-state index in [2.05, 4.69) is 22.7 Å². The summed E-state index contributed by atoms with van der Waals surface area (Å²) in [6.45, 7) is 6.29. The molecule has 1 aromatic heterocycles. The number of amides is 1. The van der Waals surface area contributed by atoms with E-state index in [1.807, 2.05) is 24.3 Å².